The minimum absolute atomic E-state index is 0.0664. The molecule has 0 aliphatic heterocycles. The van der Waals surface area contributed by atoms with Gasteiger partial charge in [-0.3, -0.25) is 9.59 Å². The number of rotatable bonds is 7. The molecule has 0 saturated heterocycles. The number of carboxylic acid groups (broad SMARTS) is 1. The molecule has 0 aliphatic rings. The van der Waals surface area contributed by atoms with E-state index in [1.54, 1.807) is 11.4 Å². The van der Waals surface area contributed by atoms with Crippen molar-refractivity contribution < 1.29 is 23.1 Å². The molecule has 0 unspecified atom stereocenters. The molecular formula is C10H14N2O5S2. The number of nitrogens with one attached hydrogen (secondary N) is 1. The van der Waals surface area contributed by atoms with Crippen LogP contribution in [-0.2, 0) is 19.6 Å². The van der Waals surface area contributed by atoms with Crippen molar-refractivity contribution in [1.82, 2.24) is 9.62 Å². The third-order valence-corrected chi connectivity index (χ3v) is 5.05. The molecule has 7 nitrogen and oxygen atoms in total. The van der Waals surface area contributed by atoms with Crippen molar-refractivity contribution in [1.29, 1.82) is 0 Å². The number of aliphatic carboxylic acids is 1. The molecule has 1 rings (SSSR count). The standard InChI is InChI=1S/C10H14N2O5S2/c1-12(7-9(14)15)8(13)4-5-11-19(16,17)10-3-2-6-18-10/h2-3,6,11H,4-5,7H2,1H3,(H,14,15). The van der Waals surface area contributed by atoms with Crippen molar-refractivity contribution in [3.8, 4) is 0 Å². The first kappa shape index (κ1) is 15.6. The minimum atomic E-state index is -3.58. The number of carbonyl (C=O) groups excluding carboxylic acids is 1. The van der Waals surface area contributed by atoms with Crippen molar-refractivity contribution in [2.45, 2.75) is 10.6 Å². The molecule has 0 bridgehead atoms. The molecule has 0 spiro atoms. The van der Waals surface area contributed by atoms with E-state index >= 15 is 0 Å². The Morgan fingerprint density at radius 2 is 2.16 bits per heavy atom. The lowest BCUT2D eigenvalue weighted by Gasteiger charge is -2.14. The SMILES string of the molecule is CN(CC(=O)O)C(=O)CCNS(=O)(=O)c1cccs1. The number of sulfonamides is 1. The van der Waals surface area contributed by atoms with Crippen molar-refractivity contribution in [2.75, 3.05) is 20.1 Å². The molecule has 0 aliphatic carbocycles. The van der Waals surface area contributed by atoms with Gasteiger partial charge in [0.1, 0.15) is 10.8 Å². The summed E-state index contributed by atoms with van der Waals surface area (Å²) in [7, 11) is -2.23. The van der Waals surface area contributed by atoms with Crippen LogP contribution < -0.4 is 4.72 Å². The highest BCUT2D eigenvalue weighted by Crippen LogP contribution is 2.14. The van der Waals surface area contributed by atoms with Crippen LogP contribution in [0.1, 0.15) is 6.42 Å². The normalized spacial score (nSPS) is 11.2. The summed E-state index contributed by atoms with van der Waals surface area (Å²) in [4.78, 5) is 22.9. The van der Waals surface area contributed by atoms with Crippen LogP contribution in [0, 0.1) is 0 Å². The average molecular weight is 306 g/mol. The van der Waals surface area contributed by atoms with Crippen LogP contribution in [0.15, 0.2) is 21.7 Å². The van der Waals surface area contributed by atoms with E-state index in [1.807, 2.05) is 0 Å². The Morgan fingerprint density at radius 3 is 2.68 bits per heavy atom. The number of amides is 1. The molecule has 2 N–H and O–H groups in total. The van der Waals surface area contributed by atoms with Crippen LogP contribution in [0.5, 0.6) is 0 Å². The van der Waals surface area contributed by atoms with E-state index in [1.165, 1.54) is 13.1 Å². The fraction of sp³-hybridized carbons (Fsp3) is 0.400. The lowest BCUT2D eigenvalue weighted by atomic mass is 10.4. The van der Waals surface area contributed by atoms with Gasteiger partial charge in [-0.15, -0.1) is 11.3 Å². The Morgan fingerprint density at radius 1 is 1.47 bits per heavy atom. The van der Waals surface area contributed by atoms with E-state index in [4.69, 9.17) is 5.11 Å². The average Bonchev–Trinajstić information content (AvgIpc) is 2.81. The van der Waals surface area contributed by atoms with E-state index in [0.29, 0.717) is 0 Å². The first-order valence-electron chi connectivity index (χ1n) is 5.32. The second-order valence-corrected chi connectivity index (χ2v) is 6.66. The Balaban J connectivity index is 2.42. The zero-order chi connectivity index (χ0) is 14.5. The van der Waals surface area contributed by atoms with Crippen LogP contribution >= 0.6 is 11.3 Å². The van der Waals surface area contributed by atoms with Gasteiger partial charge in [0, 0.05) is 20.0 Å². The predicted octanol–water partition coefficient (Wildman–Crippen LogP) is -0.0405. The van der Waals surface area contributed by atoms with E-state index in [9.17, 15) is 18.0 Å². The molecule has 0 atom stereocenters. The summed E-state index contributed by atoms with van der Waals surface area (Å²) in [6.07, 6.45) is -0.0889. The van der Waals surface area contributed by atoms with Crippen molar-refractivity contribution in [3.05, 3.63) is 17.5 Å². The van der Waals surface area contributed by atoms with Gasteiger partial charge in [-0.1, -0.05) is 6.07 Å². The molecule has 0 radical (unpaired) electrons. The van der Waals surface area contributed by atoms with Crippen molar-refractivity contribution in [2.24, 2.45) is 0 Å². The Labute approximate surface area is 114 Å². The lowest BCUT2D eigenvalue weighted by molar-refractivity contribution is -0.143. The van der Waals surface area contributed by atoms with Gasteiger partial charge in [0.05, 0.1) is 0 Å². The highest BCUT2D eigenvalue weighted by atomic mass is 32.2. The topological polar surface area (TPSA) is 104 Å². The van der Waals surface area contributed by atoms with Crippen LogP contribution in [0.4, 0.5) is 0 Å². The lowest BCUT2D eigenvalue weighted by Crippen LogP contribution is -2.34. The highest BCUT2D eigenvalue weighted by Gasteiger charge is 2.16. The largest absolute Gasteiger partial charge is 0.480 e. The number of carboxylic acids is 1. The fourth-order valence-corrected chi connectivity index (χ4v) is 3.33. The number of hydrogen-bond donors (Lipinski definition) is 2. The van der Waals surface area contributed by atoms with Gasteiger partial charge < -0.3 is 10.0 Å². The van der Waals surface area contributed by atoms with E-state index < -0.39 is 28.4 Å². The van der Waals surface area contributed by atoms with E-state index in [2.05, 4.69) is 4.72 Å². The maximum Gasteiger partial charge on any atom is 0.323 e. The maximum absolute atomic E-state index is 11.7. The molecule has 0 saturated carbocycles. The number of carbonyl (C=O) groups is 2. The summed E-state index contributed by atoms with van der Waals surface area (Å²) < 4.78 is 25.9. The zero-order valence-electron chi connectivity index (χ0n) is 10.2. The van der Waals surface area contributed by atoms with Gasteiger partial charge in [0.25, 0.3) is 0 Å². The second kappa shape index (κ2) is 6.64. The molecule has 106 valence electrons. The Kier molecular flexibility index (Phi) is 5.45. The molecule has 1 heterocycles. The van der Waals surface area contributed by atoms with Crippen molar-refractivity contribution >= 4 is 33.2 Å². The molecule has 0 aromatic carbocycles. The fourth-order valence-electron chi connectivity index (χ4n) is 1.26. The highest BCUT2D eigenvalue weighted by molar-refractivity contribution is 7.91. The van der Waals surface area contributed by atoms with Crippen LogP contribution in [-0.4, -0.2) is 50.4 Å². The molecule has 1 aromatic heterocycles. The van der Waals surface area contributed by atoms with Gasteiger partial charge >= 0.3 is 5.97 Å². The van der Waals surface area contributed by atoms with Gasteiger partial charge in [-0.05, 0) is 11.4 Å². The first-order chi connectivity index (χ1) is 8.83. The van der Waals surface area contributed by atoms with E-state index in [-0.39, 0.29) is 17.2 Å². The quantitative estimate of drug-likeness (QED) is 0.735. The van der Waals surface area contributed by atoms with Gasteiger partial charge in [0.15, 0.2) is 0 Å². The monoisotopic (exact) mass is 306 g/mol. The number of likely N-dealkylation sites (N-methyl/N-ethyl adjacent to an activating group) is 1. The molecule has 1 amide bonds. The Bertz CT molecular complexity index is 538. The van der Waals surface area contributed by atoms with Gasteiger partial charge in [-0.25, -0.2) is 13.1 Å². The third kappa shape index (κ3) is 4.97. The number of hydrogen-bond acceptors (Lipinski definition) is 5. The maximum atomic E-state index is 11.7. The number of thiophene rings is 1. The van der Waals surface area contributed by atoms with Crippen molar-refractivity contribution in [3.63, 3.8) is 0 Å². The van der Waals surface area contributed by atoms with Gasteiger partial charge in [-0.2, -0.15) is 0 Å². The van der Waals surface area contributed by atoms with Gasteiger partial charge in [0.2, 0.25) is 15.9 Å². The third-order valence-electron chi connectivity index (χ3n) is 2.19. The summed E-state index contributed by atoms with van der Waals surface area (Å²) in [6, 6.07) is 3.08. The summed E-state index contributed by atoms with van der Waals surface area (Å²) >= 11 is 1.08. The first-order valence-corrected chi connectivity index (χ1v) is 7.68. The second-order valence-electron chi connectivity index (χ2n) is 3.72. The molecular weight excluding hydrogens is 292 g/mol. The summed E-state index contributed by atoms with van der Waals surface area (Å²) in [5.74, 6) is -1.55. The van der Waals surface area contributed by atoms with Crippen LogP contribution in [0.25, 0.3) is 0 Å². The molecule has 19 heavy (non-hydrogen) atoms. The Hall–Kier alpha value is -1.45. The van der Waals surface area contributed by atoms with E-state index in [0.717, 1.165) is 16.2 Å². The molecule has 0 fully saturated rings. The minimum Gasteiger partial charge on any atom is -0.480 e. The zero-order valence-corrected chi connectivity index (χ0v) is 11.8. The molecule has 9 heteroatoms. The van der Waals surface area contributed by atoms with Crippen LogP contribution in [0.3, 0.4) is 0 Å². The summed E-state index contributed by atoms with van der Waals surface area (Å²) in [5, 5.41) is 10.1. The van der Waals surface area contributed by atoms with Crippen LogP contribution in [0.2, 0.25) is 0 Å². The number of nitrogens with zero attached hydrogens (tertiary/aromatic N) is 1. The molecule has 1 aromatic rings. The summed E-state index contributed by atoms with van der Waals surface area (Å²) in [5.41, 5.74) is 0. The summed E-state index contributed by atoms with van der Waals surface area (Å²) in [6.45, 7) is -0.473. The smallest absolute Gasteiger partial charge is 0.323 e. The predicted molar refractivity (Wildman–Crippen MR) is 69.4 cm³/mol.